The van der Waals surface area contributed by atoms with Gasteiger partial charge >= 0.3 is 0 Å². The van der Waals surface area contributed by atoms with Gasteiger partial charge < -0.3 is 0 Å². The Bertz CT molecular complexity index is 701. The summed E-state index contributed by atoms with van der Waals surface area (Å²) in [5, 5.41) is 0. The summed E-state index contributed by atoms with van der Waals surface area (Å²) in [5.41, 5.74) is 8.10. The molecule has 0 aliphatic heterocycles. The van der Waals surface area contributed by atoms with E-state index in [1.807, 2.05) is 0 Å². The summed E-state index contributed by atoms with van der Waals surface area (Å²) in [6.07, 6.45) is 1.16. The molecular weight excluding hydrogens is 316 g/mol. The van der Waals surface area contributed by atoms with E-state index in [9.17, 15) is 0 Å². The Labute approximate surface area is 155 Å². The van der Waals surface area contributed by atoms with Gasteiger partial charge in [0.1, 0.15) is 0 Å². The first-order chi connectivity index (χ1) is 12.1. The van der Waals surface area contributed by atoms with E-state index in [0.29, 0.717) is 0 Å². The molecule has 0 aliphatic carbocycles. The van der Waals surface area contributed by atoms with Gasteiger partial charge in [-0.15, -0.1) is 0 Å². The van der Waals surface area contributed by atoms with Crippen LogP contribution in [0.2, 0.25) is 6.04 Å². The van der Waals surface area contributed by atoms with Crippen molar-refractivity contribution in [3.05, 3.63) is 106 Å². The minimum Gasteiger partial charge on any atom is -0.0644 e. The number of hydrogen-bond donors (Lipinski definition) is 0. The summed E-state index contributed by atoms with van der Waals surface area (Å²) in [6, 6.07) is 28.7. The maximum Gasteiger partial charge on any atom is 0.0448 e. The summed E-state index contributed by atoms with van der Waals surface area (Å²) >= 11 is 0. The number of rotatable bonds is 5. The third-order valence-corrected chi connectivity index (χ3v) is 5.76. The molecule has 0 unspecified atom stereocenters. The van der Waals surface area contributed by atoms with Crippen LogP contribution in [-0.2, 0) is 5.41 Å². The average molecular weight is 345 g/mol. The van der Waals surface area contributed by atoms with Gasteiger partial charge in [-0.2, -0.15) is 0 Å². The Balaban J connectivity index is 2.28. The Morgan fingerprint density at radius 1 is 0.560 bits per heavy atom. The average Bonchev–Trinajstić information content (AvgIpc) is 2.62. The second kappa shape index (κ2) is 7.41. The zero-order valence-corrected chi connectivity index (χ0v) is 17.8. The molecule has 3 aromatic carbocycles. The van der Waals surface area contributed by atoms with Crippen molar-refractivity contribution < 1.29 is 0 Å². The van der Waals surface area contributed by atoms with E-state index in [0.717, 1.165) is 6.42 Å². The molecule has 0 radical (unpaired) electrons. The highest BCUT2D eigenvalue weighted by atomic mass is 28.1. The molecule has 0 aliphatic rings. The highest BCUT2D eigenvalue weighted by Crippen LogP contribution is 2.43. The van der Waals surface area contributed by atoms with E-state index < -0.39 is 0 Å². The van der Waals surface area contributed by atoms with Gasteiger partial charge in [0.15, 0.2) is 0 Å². The quantitative estimate of drug-likeness (QED) is 0.445. The highest BCUT2D eigenvalue weighted by molar-refractivity contribution is 6.08. The van der Waals surface area contributed by atoms with Crippen LogP contribution in [0.15, 0.2) is 72.8 Å². The van der Waals surface area contributed by atoms with Crippen LogP contribution in [0.25, 0.3) is 0 Å². The molecule has 0 atom stereocenters. The first-order valence-corrected chi connectivity index (χ1v) is 10.7. The van der Waals surface area contributed by atoms with E-state index in [1.165, 1.54) is 49.7 Å². The lowest BCUT2D eigenvalue weighted by Gasteiger charge is -2.36. The molecule has 0 nitrogen and oxygen atoms in total. The zero-order valence-electron chi connectivity index (χ0n) is 15.8. The maximum absolute atomic E-state index is 2.33. The van der Waals surface area contributed by atoms with Gasteiger partial charge in [-0.3, -0.25) is 0 Å². The van der Waals surface area contributed by atoms with Gasteiger partial charge in [-0.1, -0.05) is 95.5 Å². The molecule has 0 fully saturated rings. The fourth-order valence-corrected chi connectivity index (χ4v) is 4.57. The van der Waals surface area contributed by atoms with Gasteiger partial charge in [-0.05, 0) is 43.9 Å². The Morgan fingerprint density at radius 2 is 0.840 bits per heavy atom. The predicted octanol–water partition coefficient (Wildman–Crippen LogP) is 5.12. The van der Waals surface area contributed by atoms with E-state index in [4.69, 9.17) is 0 Å². The van der Waals surface area contributed by atoms with Crippen LogP contribution in [0.3, 0.4) is 0 Å². The van der Waals surface area contributed by atoms with Gasteiger partial charge in [0, 0.05) is 15.7 Å². The molecular formula is C24H28Si. The van der Waals surface area contributed by atoms with Crippen LogP contribution < -0.4 is 0 Å². The lowest BCUT2D eigenvalue weighted by molar-refractivity contribution is 0.593. The highest BCUT2D eigenvalue weighted by Gasteiger charge is 2.35. The smallest absolute Gasteiger partial charge is 0.0448 e. The zero-order chi connectivity index (χ0) is 17.9. The van der Waals surface area contributed by atoms with Crippen molar-refractivity contribution in [3.8, 4) is 0 Å². The van der Waals surface area contributed by atoms with Crippen LogP contribution in [0.5, 0.6) is 0 Å². The third kappa shape index (κ3) is 3.47. The molecule has 128 valence electrons. The molecule has 1 heteroatoms. The lowest BCUT2D eigenvalue weighted by atomic mass is 9.67. The third-order valence-electron chi connectivity index (χ3n) is 5.26. The second-order valence-corrected chi connectivity index (χ2v) is 8.25. The molecule has 25 heavy (non-hydrogen) atoms. The molecule has 0 bridgehead atoms. The van der Waals surface area contributed by atoms with Gasteiger partial charge in [0.2, 0.25) is 0 Å². The van der Waals surface area contributed by atoms with Crippen molar-refractivity contribution >= 4 is 10.2 Å². The molecule has 0 aromatic heterocycles. The molecule has 3 rings (SSSR count). The van der Waals surface area contributed by atoms with Gasteiger partial charge in [0.25, 0.3) is 0 Å². The molecule has 0 N–H and O–H groups in total. The van der Waals surface area contributed by atoms with Crippen molar-refractivity contribution in [3.63, 3.8) is 0 Å². The summed E-state index contributed by atoms with van der Waals surface area (Å²) in [5.74, 6) is 0. The minimum atomic E-state index is -0.0587. The molecule has 0 saturated heterocycles. The predicted molar refractivity (Wildman–Crippen MR) is 113 cm³/mol. The molecule has 0 amide bonds. The van der Waals surface area contributed by atoms with E-state index >= 15 is 0 Å². The number of hydrogen-bond acceptors (Lipinski definition) is 0. The first-order valence-electron chi connectivity index (χ1n) is 9.27. The van der Waals surface area contributed by atoms with E-state index in [2.05, 4.69) is 93.6 Å². The van der Waals surface area contributed by atoms with Crippen molar-refractivity contribution in [2.75, 3.05) is 0 Å². The monoisotopic (exact) mass is 344 g/mol. The molecule has 0 saturated carbocycles. The van der Waals surface area contributed by atoms with Crippen molar-refractivity contribution in [2.24, 2.45) is 0 Å². The van der Waals surface area contributed by atoms with Crippen molar-refractivity contribution in [1.82, 2.24) is 0 Å². The fraction of sp³-hybridized carbons (Fsp3) is 0.250. The largest absolute Gasteiger partial charge is 0.0644 e. The van der Waals surface area contributed by atoms with E-state index in [-0.39, 0.29) is 5.41 Å². The molecule has 0 heterocycles. The maximum atomic E-state index is 2.33. The SMILES string of the molecule is Cc1ccc(C(CC[SiH3])(c2ccc(C)cc2)c2ccc(C)cc2)cc1. The lowest BCUT2D eigenvalue weighted by Crippen LogP contribution is -2.29. The molecule has 0 spiro atoms. The number of aryl methyl sites for hydroxylation is 3. The van der Waals surface area contributed by atoms with Crippen LogP contribution in [0.1, 0.15) is 39.8 Å². The van der Waals surface area contributed by atoms with Crippen LogP contribution in [0.4, 0.5) is 0 Å². The fourth-order valence-electron chi connectivity index (χ4n) is 3.82. The van der Waals surface area contributed by atoms with Crippen molar-refractivity contribution in [1.29, 1.82) is 0 Å². The topological polar surface area (TPSA) is 0 Å². The molecule has 3 aromatic rings. The standard InChI is InChI=1S/C24H28Si/c1-18-4-10-21(11-5-18)24(16-17-25,22-12-6-19(2)7-13-22)23-14-8-20(3)9-15-23/h4-15H,16-17H2,1-3,25H3. The number of benzene rings is 3. The Morgan fingerprint density at radius 3 is 1.08 bits per heavy atom. The minimum absolute atomic E-state index is 0.0587. The van der Waals surface area contributed by atoms with Crippen LogP contribution >= 0.6 is 0 Å². The van der Waals surface area contributed by atoms with Crippen LogP contribution in [0, 0.1) is 20.8 Å². The first kappa shape index (κ1) is 17.7. The van der Waals surface area contributed by atoms with Gasteiger partial charge in [-0.25, -0.2) is 0 Å². The summed E-state index contributed by atoms with van der Waals surface area (Å²) in [7, 11) is 1.22. The summed E-state index contributed by atoms with van der Waals surface area (Å²) in [4.78, 5) is 0. The normalized spacial score (nSPS) is 11.6. The Kier molecular flexibility index (Phi) is 5.24. The second-order valence-electron chi connectivity index (χ2n) is 7.25. The van der Waals surface area contributed by atoms with Crippen LogP contribution in [-0.4, -0.2) is 10.2 Å². The van der Waals surface area contributed by atoms with Crippen molar-refractivity contribution in [2.45, 2.75) is 38.7 Å². The van der Waals surface area contributed by atoms with E-state index in [1.54, 1.807) is 0 Å². The van der Waals surface area contributed by atoms with Gasteiger partial charge in [0.05, 0.1) is 0 Å². The summed E-state index contributed by atoms with van der Waals surface area (Å²) in [6.45, 7) is 6.49. The summed E-state index contributed by atoms with van der Waals surface area (Å²) < 4.78 is 0. The Hall–Kier alpha value is -2.12.